The van der Waals surface area contributed by atoms with E-state index >= 15 is 0 Å². The fraction of sp³-hybridized carbons (Fsp3) is 0.727. The van der Waals surface area contributed by atoms with E-state index in [0.29, 0.717) is 19.7 Å². The van der Waals surface area contributed by atoms with Gasteiger partial charge in [-0.1, -0.05) is 12.2 Å². The first-order chi connectivity index (χ1) is 7.13. The minimum absolute atomic E-state index is 0.0176. The highest BCUT2D eigenvalue weighted by molar-refractivity contribution is 5.74. The zero-order valence-corrected chi connectivity index (χ0v) is 9.58. The quantitative estimate of drug-likeness (QED) is 0.715. The normalized spacial score (nSPS) is 20.0. The molecule has 2 amide bonds. The standard InChI is InChI=1S/C11H20N2O2/c1-4-13(7-9(2)3)11(14)12-10-5-6-15-8-10/h10H,2,4-8H2,1,3H3,(H,12,14). The van der Waals surface area contributed by atoms with Gasteiger partial charge in [-0.2, -0.15) is 0 Å². The summed E-state index contributed by atoms with van der Waals surface area (Å²) in [7, 11) is 0. The van der Waals surface area contributed by atoms with Crippen molar-refractivity contribution in [1.29, 1.82) is 0 Å². The van der Waals surface area contributed by atoms with Crippen LogP contribution in [-0.2, 0) is 4.74 Å². The second-order valence-electron chi connectivity index (χ2n) is 3.98. The van der Waals surface area contributed by atoms with Gasteiger partial charge in [0.2, 0.25) is 0 Å². The number of carbonyl (C=O) groups excluding carboxylic acids is 1. The molecule has 4 heteroatoms. The van der Waals surface area contributed by atoms with Gasteiger partial charge in [-0.25, -0.2) is 4.79 Å². The van der Waals surface area contributed by atoms with Gasteiger partial charge in [0, 0.05) is 19.7 Å². The van der Waals surface area contributed by atoms with Gasteiger partial charge < -0.3 is 15.0 Å². The Morgan fingerprint density at radius 3 is 2.87 bits per heavy atom. The molecule has 1 heterocycles. The summed E-state index contributed by atoms with van der Waals surface area (Å²) in [6.45, 7) is 10.4. The van der Waals surface area contributed by atoms with E-state index in [4.69, 9.17) is 4.74 Å². The van der Waals surface area contributed by atoms with E-state index in [2.05, 4.69) is 11.9 Å². The van der Waals surface area contributed by atoms with Gasteiger partial charge in [0.15, 0.2) is 0 Å². The van der Waals surface area contributed by atoms with E-state index in [1.54, 1.807) is 4.90 Å². The predicted octanol–water partition coefficient (Wildman–Crippen LogP) is 1.38. The summed E-state index contributed by atoms with van der Waals surface area (Å²) in [6.07, 6.45) is 0.913. The van der Waals surface area contributed by atoms with Crippen LogP contribution >= 0.6 is 0 Å². The van der Waals surface area contributed by atoms with Gasteiger partial charge in [-0.05, 0) is 20.3 Å². The summed E-state index contributed by atoms with van der Waals surface area (Å²) in [5.41, 5.74) is 0.995. The molecule has 1 atom stereocenters. The van der Waals surface area contributed by atoms with Crippen LogP contribution in [0.3, 0.4) is 0 Å². The molecule has 1 saturated heterocycles. The topological polar surface area (TPSA) is 41.6 Å². The zero-order valence-electron chi connectivity index (χ0n) is 9.58. The van der Waals surface area contributed by atoms with Crippen molar-refractivity contribution in [2.24, 2.45) is 0 Å². The summed E-state index contributed by atoms with van der Waals surface area (Å²) >= 11 is 0. The number of amides is 2. The minimum Gasteiger partial charge on any atom is -0.379 e. The average molecular weight is 212 g/mol. The SMILES string of the molecule is C=C(C)CN(CC)C(=O)NC1CCOC1. The Bertz CT molecular complexity index is 235. The molecule has 0 aromatic carbocycles. The third-order valence-corrected chi connectivity index (χ3v) is 2.39. The maximum absolute atomic E-state index is 11.8. The first kappa shape index (κ1) is 12.0. The van der Waals surface area contributed by atoms with Crippen LogP contribution in [0.2, 0.25) is 0 Å². The molecule has 0 aromatic rings. The maximum atomic E-state index is 11.8. The summed E-state index contributed by atoms with van der Waals surface area (Å²) in [5, 5.41) is 2.96. The third kappa shape index (κ3) is 3.91. The highest BCUT2D eigenvalue weighted by atomic mass is 16.5. The lowest BCUT2D eigenvalue weighted by atomic mass is 10.2. The van der Waals surface area contributed by atoms with Gasteiger partial charge in [-0.15, -0.1) is 0 Å². The monoisotopic (exact) mass is 212 g/mol. The summed E-state index contributed by atoms with van der Waals surface area (Å²) < 4.78 is 5.20. The molecule has 0 aliphatic carbocycles. The number of rotatable bonds is 4. The molecule has 0 saturated carbocycles. The molecule has 1 aliphatic rings. The lowest BCUT2D eigenvalue weighted by molar-refractivity contribution is 0.180. The number of nitrogens with zero attached hydrogens (tertiary/aromatic N) is 1. The Balaban J connectivity index is 2.38. The van der Waals surface area contributed by atoms with E-state index in [9.17, 15) is 4.79 Å². The van der Waals surface area contributed by atoms with Crippen molar-refractivity contribution in [3.8, 4) is 0 Å². The molecule has 1 rings (SSSR count). The molecule has 15 heavy (non-hydrogen) atoms. The highest BCUT2D eigenvalue weighted by Crippen LogP contribution is 2.05. The Morgan fingerprint density at radius 2 is 2.40 bits per heavy atom. The third-order valence-electron chi connectivity index (χ3n) is 2.39. The van der Waals surface area contributed by atoms with Crippen LogP contribution < -0.4 is 5.32 Å². The van der Waals surface area contributed by atoms with Crippen LogP contribution in [0.4, 0.5) is 4.79 Å². The number of hydrogen-bond donors (Lipinski definition) is 1. The number of hydrogen-bond acceptors (Lipinski definition) is 2. The lowest BCUT2D eigenvalue weighted by Gasteiger charge is -2.23. The molecule has 86 valence electrons. The largest absolute Gasteiger partial charge is 0.379 e. The molecular weight excluding hydrogens is 192 g/mol. The second-order valence-corrected chi connectivity index (χ2v) is 3.98. The number of ether oxygens (including phenoxy) is 1. The van der Waals surface area contributed by atoms with E-state index < -0.39 is 0 Å². The van der Waals surface area contributed by atoms with Gasteiger partial charge in [0.1, 0.15) is 0 Å². The molecule has 1 fully saturated rings. The van der Waals surface area contributed by atoms with Gasteiger partial charge in [0.05, 0.1) is 12.6 Å². The second kappa shape index (κ2) is 5.75. The Labute approximate surface area is 91.3 Å². The van der Waals surface area contributed by atoms with Crippen LogP contribution in [0.1, 0.15) is 20.3 Å². The van der Waals surface area contributed by atoms with E-state index in [0.717, 1.165) is 18.6 Å². The minimum atomic E-state index is -0.0176. The molecule has 1 N–H and O–H groups in total. The van der Waals surface area contributed by atoms with E-state index in [1.165, 1.54) is 0 Å². The summed E-state index contributed by atoms with van der Waals surface area (Å²) in [4.78, 5) is 13.5. The first-order valence-electron chi connectivity index (χ1n) is 5.41. The Kier molecular flexibility index (Phi) is 4.62. The molecule has 0 aromatic heterocycles. The smallest absolute Gasteiger partial charge is 0.317 e. The van der Waals surface area contributed by atoms with Crippen LogP contribution in [0.15, 0.2) is 12.2 Å². The summed E-state index contributed by atoms with van der Waals surface area (Å²) in [6, 6.07) is 0.160. The number of carbonyl (C=O) groups is 1. The average Bonchev–Trinajstić information content (AvgIpc) is 2.66. The van der Waals surface area contributed by atoms with Crippen molar-refractivity contribution in [1.82, 2.24) is 10.2 Å². The molecule has 0 radical (unpaired) electrons. The van der Waals surface area contributed by atoms with Crippen molar-refractivity contribution in [2.45, 2.75) is 26.3 Å². The Hall–Kier alpha value is -1.03. The number of likely N-dealkylation sites (N-methyl/N-ethyl adjacent to an activating group) is 1. The maximum Gasteiger partial charge on any atom is 0.317 e. The number of urea groups is 1. The molecule has 1 aliphatic heterocycles. The van der Waals surface area contributed by atoms with Crippen LogP contribution in [0.25, 0.3) is 0 Å². The van der Waals surface area contributed by atoms with Gasteiger partial charge in [0.25, 0.3) is 0 Å². The van der Waals surface area contributed by atoms with Crippen LogP contribution in [0.5, 0.6) is 0 Å². The van der Waals surface area contributed by atoms with E-state index in [1.807, 2.05) is 13.8 Å². The highest BCUT2D eigenvalue weighted by Gasteiger charge is 2.20. The van der Waals surface area contributed by atoms with Crippen molar-refractivity contribution < 1.29 is 9.53 Å². The van der Waals surface area contributed by atoms with E-state index in [-0.39, 0.29) is 12.1 Å². The molecule has 0 bridgehead atoms. The van der Waals surface area contributed by atoms with Crippen molar-refractivity contribution in [3.63, 3.8) is 0 Å². The zero-order chi connectivity index (χ0) is 11.3. The first-order valence-corrected chi connectivity index (χ1v) is 5.41. The molecule has 0 spiro atoms. The fourth-order valence-corrected chi connectivity index (χ4v) is 1.57. The van der Waals surface area contributed by atoms with Crippen LogP contribution in [-0.4, -0.2) is 43.3 Å². The molecule has 1 unspecified atom stereocenters. The van der Waals surface area contributed by atoms with Gasteiger partial charge in [-0.3, -0.25) is 0 Å². The Morgan fingerprint density at radius 1 is 1.67 bits per heavy atom. The number of nitrogens with one attached hydrogen (secondary N) is 1. The van der Waals surface area contributed by atoms with Crippen molar-refractivity contribution >= 4 is 6.03 Å². The summed E-state index contributed by atoms with van der Waals surface area (Å²) in [5.74, 6) is 0. The van der Waals surface area contributed by atoms with Crippen molar-refractivity contribution in [2.75, 3.05) is 26.3 Å². The van der Waals surface area contributed by atoms with Gasteiger partial charge >= 0.3 is 6.03 Å². The fourth-order valence-electron chi connectivity index (χ4n) is 1.57. The molecule has 4 nitrogen and oxygen atoms in total. The molecular formula is C11H20N2O2. The lowest BCUT2D eigenvalue weighted by Crippen LogP contribution is -2.45. The predicted molar refractivity (Wildman–Crippen MR) is 59.8 cm³/mol. The van der Waals surface area contributed by atoms with Crippen LogP contribution in [0, 0.1) is 0 Å². The van der Waals surface area contributed by atoms with Crippen molar-refractivity contribution in [3.05, 3.63) is 12.2 Å².